The minimum atomic E-state index is 0.443. The molecule has 2 heterocycles. The van der Waals surface area contributed by atoms with Crippen molar-refractivity contribution in [2.75, 3.05) is 0 Å². The highest BCUT2D eigenvalue weighted by atomic mass is 16.1. The highest BCUT2D eigenvalue weighted by Gasteiger charge is 2.11. The first-order chi connectivity index (χ1) is 13.3. The number of pyridine rings is 1. The number of fused-ring (bicyclic) bond motifs is 3. The second-order valence-electron chi connectivity index (χ2n) is 6.48. The normalized spacial score (nSPS) is 11.1. The van der Waals surface area contributed by atoms with E-state index in [2.05, 4.69) is 82.3 Å². The van der Waals surface area contributed by atoms with Gasteiger partial charge in [0, 0.05) is 22.0 Å². The number of carbonyl (C=O) groups is 1. The summed E-state index contributed by atoms with van der Waals surface area (Å²) >= 11 is 0. The molecule has 0 amide bonds. The summed E-state index contributed by atoms with van der Waals surface area (Å²) in [5, 5.41) is 2.50. The van der Waals surface area contributed by atoms with Crippen LogP contribution in [0.5, 0.6) is 0 Å². The molecular weight excluding hydrogens is 332 g/mol. The average molecular weight is 348 g/mol. The second-order valence-corrected chi connectivity index (χ2v) is 6.48. The fraction of sp³-hybridized carbons (Fsp3) is 0. The zero-order chi connectivity index (χ0) is 18.2. The molecule has 2 aromatic heterocycles. The molecule has 0 bridgehead atoms. The van der Waals surface area contributed by atoms with E-state index in [1.165, 1.54) is 21.8 Å². The molecule has 0 spiro atoms. The zero-order valence-electron chi connectivity index (χ0n) is 14.5. The fourth-order valence-corrected chi connectivity index (χ4v) is 3.66. The summed E-state index contributed by atoms with van der Waals surface area (Å²) < 4.78 is 2.28. The smallest absolute Gasteiger partial charge is 0.168 e. The standard InChI is InChI=1S/C24H16N2O/c27-16-18-6-5-9-22(25-18)17-12-14-19(15-13-17)26-23-10-3-1-7-20(23)21-8-2-4-11-24(21)26/h1-16H. The van der Waals surface area contributed by atoms with Gasteiger partial charge in [0.25, 0.3) is 0 Å². The molecule has 0 radical (unpaired) electrons. The van der Waals surface area contributed by atoms with Crippen molar-refractivity contribution in [3.63, 3.8) is 0 Å². The van der Waals surface area contributed by atoms with Crippen molar-refractivity contribution in [1.29, 1.82) is 0 Å². The summed E-state index contributed by atoms with van der Waals surface area (Å²) in [6, 6.07) is 30.7. The third kappa shape index (κ3) is 2.52. The van der Waals surface area contributed by atoms with Crippen LogP contribution in [0.15, 0.2) is 91.0 Å². The van der Waals surface area contributed by atoms with Crippen LogP contribution in [0.4, 0.5) is 0 Å². The van der Waals surface area contributed by atoms with Crippen LogP contribution in [0.2, 0.25) is 0 Å². The number of carbonyl (C=O) groups excluding carboxylic acids is 1. The van der Waals surface area contributed by atoms with E-state index >= 15 is 0 Å². The predicted octanol–water partition coefficient (Wildman–Crippen LogP) is 5.66. The molecule has 0 N–H and O–H groups in total. The van der Waals surface area contributed by atoms with Gasteiger partial charge in [0.15, 0.2) is 6.29 Å². The summed E-state index contributed by atoms with van der Waals surface area (Å²) in [4.78, 5) is 15.4. The van der Waals surface area contributed by atoms with E-state index in [1.54, 1.807) is 6.07 Å². The van der Waals surface area contributed by atoms with Gasteiger partial charge in [-0.15, -0.1) is 0 Å². The first kappa shape index (κ1) is 15.5. The van der Waals surface area contributed by atoms with Gasteiger partial charge in [-0.1, -0.05) is 54.6 Å². The third-order valence-corrected chi connectivity index (χ3v) is 4.89. The molecule has 0 aliphatic heterocycles. The van der Waals surface area contributed by atoms with Crippen LogP contribution in [0.25, 0.3) is 38.8 Å². The Morgan fingerprint density at radius 2 is 1.30 bits per heavy atom. The van der Waals surface area contributed by atoms with Crippen LogP contribution in [0.1, 0.15) is 10.5 Å². The van der Waals surface area contributed by atoms with Crippen molar-refractivity contribution >= 4 is 28.1 Å². The van der Waals surface area contributed by atoms with Gasteiger partial charge in [-0.25, -0.2) is 4.98 Å². The molecule has 3 aromatic carbocycles. The molecule has 0 saturated carbocycles. The van der Waals surface area contributed by atoms with E-state index in [0.717, 1.165) is 23.2 Å². The van der Waals surface area contributed by atoms with E-state index in [1.807, 2.05) is 12.1 Å². The molecule has 0 aliphatic carbocycles. The Balaban J connectivity index is 1.68. The van der Waals surface area contributed by atoms with Crippen molar-refractivity contribution < 1.29 is 4.79 Å². The van der Waals surface area contributed by atoms with E-state index in [9.17, 15) is 4.79 Å². The Morgan fingerprint density at radius 1 is 0.667 bits per heavy atom. The number of aldehydes is 1. The van der Waals surface area contributed by atoms with E-state index in [-0.39, 0.29) is 0 Å². The third-order valence-electron chi connectivity index (χ3n) is 4.89. The first-order valence-corrected chi connectivity index (χ1v) is 8.86. The molecule has 0 atom stereocenters. The molecule has 128 valence electrons. The molecule has 5 aromatic rings. The van der Waals surface area contributed by atoms with Crippen LogP contribution in [-0.4, -0.2) is 15.8 Å². The lowest BCUT2D eigenvalue weighted by atomic mass is 10.1. The van der Waals surface area contributed by atoms with E-state index in [4.69, 9.17) is 0 Å². The van der Waals surface area contributed by atoms with Crippen molar-refractivity contribution in [1.82, 2.24) is 9.55 Å². The molecule has 3 nitrogen and oxygen atoms in total. The van der Waals surface area contributed by atoms with Gasteiger partial charge in [-0.05, 0) is 36.4 Å². The number of nitrogens with zero attached hydrogens (tertiary/aromatic N) is 2. The molecule has 0 aliphatic rings. The van der Waals surface area contributed by atoms with Crippen LogP contribution < -0.4 is 0 Å². The van der Waals surface area contributed by atoms with Crippen LogP contribution in [0.3, 0.4) is 0 Å². The van der Waals surface area contributed by atoms with E-state index < -0.39 is 0 Å². The number of benzene rings is 3. The van der Waals surface area contributed by atoms with Crippen molar-refractivity contribution in [2.24, 2.45) is 0 Å². The number of hydrogen-bond donors (Lipinski definition) is 0. The molecule has 27 heavy (non-hydrogen) atoms. The second kappa shape index (κ2) is 6.22. The molecule has 0 unspecified atom stereocenters. The minimum Gasteiger partial charge on any atom is -0.309 e. The van der Waals surface area contributed by atoms with Gasteiger partial charge in [-0.2, -0.15) is 0 Å². The predicted molar refractivity (Wildman–Crippen MR) is 109 cm³/mol. The van der Waals surface area contributed by atoms with Crippen molar-refractivity contribution in [2.45, 2.75) is 0 Å². The largest absolute Gasteiger partial charge is 0.309 e. The maximum Gasteiger partial charge on any atom is 0.168 e. The summed E-state index contributed by atoms with van der Waals surface area (Å²) in [6.45, 7) is 0. The molecule has 0 fully saturated rings. The maximum atomic E-state index is 11.0. The highest BCUT2D eigenvalue weighted by molar-refractivity contribution is 6.09. The lowest BCUT2D eigenvalue weighted by Gasteiger charge is -2.09. The molecular formula is C24H16N2O. The monoisotopic (exact) mass is 348 g/mol. The Bertz CT molecular complexity index is 1230. The number of para-hydroxylation sites is 2. The summed E-state index contributed by atoms with van der Waals surface area (Å²) in [5.41, 5.74) is 5.71. The van der Waals surface area contributed by atoms with Crippen molar-refractivity contribution in [3.8, 4) is 16.9 Å². The molecule has 0 saturated heterocycles. The summed E-state index contributed by atoms with van der Waals surface area (Å²) in [6.07, 6.45) is 0.774. The Hall–Kier alpha value is -3.72. The topological polar surface area (TPSA) is 34.9 Å². The van der Waals surface area contributed by atoms with Gasteiger partial charge < -0.3 is 4.57 Å². The summed E-state index contributed by atoms with van der Waals surface area (Å²) in [5.74, 6) is 0. The van der Waals surface area contributed by atoms with Gasteiger partial charge in [0.2, 0.25) is 0 Å². The van der Waals surface area contributed by atoms with Crippen LogP contribution in [-0.2, 0) is 0 Å². The fourth-order valence-electron chi connectivity index (χ4n) is 3.66. The average Bonchev–Trinajstić information content (AvgIpc) is 3.08. The summed E-state index contributed by atoms with van der Waals surface area (Å²) in [7, 11) is 0. The quantitative estimate of drug-likeness (QED) is 0.394. The Labute approximate surface area is 156 Å². The van der Waals surface area contributed by atoms with Crippen LogP contribution in [0, 0.1) is 0 Å². The molecule has 5 rings (SSSR count). The van der Waals surface area contributed by atoms with Crippen LogP contribution >= 0.6 is 0 Å². The SMILES string of the molecule is O=Cc1cccc(-c2ccc(-n3c4ccccc4c4ccccc43)cc2)n1. The minimum absolute atomic E-state index is 0.443. The number of aromatic nitrogens is 2. The Morgan fingerprint density at radius 3 is 1.93 bits per heavy atom. The van der Waals surface area contributed by atoms with Gasteiger partial charge in [0.1, 0.15) is 5.69 Å². The number of rotatable bonds is 3. The highest BCUT2D eigenvalue weighted by Crippen LogP contribution is 2.32. The van der Waals surface area contributed by atoms with E-state index in [0.29, 0.717) is 5.69 Å². The lowest BCUT2D eigenvalue weighted by molar-refractivity contribution is 0.111. The zero-order valence-corrected chi connectivity index (χ0v) is 14.5. The number of hydrogen-bond acceptors (Lipinski definition) is 2. The maximum absolute atomic E-state index is 11.0. The first-order valence-electron chi connectivity index (χ1n) is 8.86. The Kier molecular flexibility index (Phi) is 3.58. The van der Waals surface area contributed by atoms with Gasteiger partial charge in [0.05, 0.1) is 16.7 Å². The molecule has 3 heteroatoms. The van der Waals surface area contributed by atoms with Gasteiger partial charge >= 0.3 is 0 Å². The van der Waals surface area contributed by atoms with Crippen molar-refractivity contribution in [3.05, 3.63) is 96.7 Å². The van der Waals surface area contributed by atoms with Gasteiger partial charge in [-0.3, -0.25) is 4.79 Å². The lowest BCUT2D eigenvalue weighted by Crippen LogP contribution is -1.94.